The Morgan fingerprint density at radius 3 is 2.72 bits per heavy atom. The van der Waals surface area contributed by atoms with Gasteiger partial charge in [-0.05, 0) is 24.6 Å². The Labute approximate surface area is 106 Å². The number of anilines is 1. The van der Waals surface area contributed by atoms with Gasteiger partial charge in [0.2, 0.25) is 0 Å². The largest absolute Gasteiger partial charge is 0.496 e. The summed E-state index contributed by atoms with van der Waals surface area (Å²) in [5.41, 5.74) is 8.21. The maximum atomic E-state index is 11.8. The summed E-state index contributed by atoms with van der Waals surface area (Å²) >= 11 is 0. The van der Waals surface area contributed by atoms with Gasteiger partial charge in [0, 0.05) is 29.6 Å². The number of hydrogen-bond acceptors (Lipinski definition) is 3. The van der Waals surface area contributed by atoms with E-state index in [0.717, 1.165) is 11.1 Å². The van der Waals surface area contributed by atoms with E-state index in [1.807, 2.05) is 19.1 Å². The molecule has 0 fully saturated rings. The summed E-state index contributed by atoms with van der Waals surface area (Å²) < 4.78 is 6.91. The number of methoxy groups -OCH3 is 1. The van der Waals surface area contributed by atoms with Gasteiger partial charge in [0.15, 0.2) is 0 Å². The normalized spacial score (nSPS) is 10.3. The lowest BCUT2D eigenvalue weighted by Gasteiger charge is -2.11. The molecule has 94 valence electrons. The van der Waals surface area contributed by atoms with Crippen LogP contribution in [0.1, 0.15) is 11.1 Å². The Balaban J connectivity index is 2.37. The topological polar surface area (TPSA) is 57.2 Å². The third-order valence-electron chi connectivity index (χ3n) is 2.80. The lowest BCUT2D eigenvalue weighted by Crippen LogP contribution is -2.19. The molecule has 0 saturated heterocycles. The molecule has 1 heterocycles. The molecule has 2 aromatic rings. The maximum Gasteiger partial charge on any atom is 0.251 e. The first-order valence-electron chi connectivity index (χ1n) is 5.69. The Morgan fingerprint density at radius 2 is 2.06 bits per heavy atom. The first kappa shape index (κ1) is 12.2. The van der Waals surface area contributed by atoms with Gasteiger partial charge in [0.25, 0.3) is 5.56 Å². The Bertz CT molecular complexity index is 617. The number of ether oxygens (including phenoxy) is 1. The molecule has 2 rings (SSSR count). The highest BCUT2D eigenvalue weighted by molar-refractivity contribution is 5.48. The van der Waals surface area contributed by atoms with E-state index in [-0.39, 0.29) is 5.56 Å². The molecule has 4 heteroatoms. The smallest absolute Gasteiger partial charge is 0.251 e. The van der Waals surface area contributed by atoms with Crippen molar-refractivity contribution in [2.24, 2.45) is 0 Å². The molecule has 0 bridgehead atoms. The monoisotopic (exact) mass is 244 g/mol. The molecular weight excluding hydrogens is 228 g/mol. The predicted molar refractivity (Wildman–Crippen MR) is 71.9 cm³/mol. The van der Waals surface area contributed by atoms with Crippen molar-refractivity contribution >= 4 is 5.69 Å². The molecule has 0 atom stereocenters. The molecule has 0 aliphatic heterocycles. The summed E-state index contributed by atoms with van der Waals surface area (Å²) in [7, 11) is 1.59. The molecule has 18 heavy (non-hydrogen) atoms. The Morgan fingerprint density at radius 1 is 1.28 bits per heavy atom. The number of aryl methyl sites for hydroxylation is 1. The van der Waals surface area contributed by atoms with Crippen LogP contribution in [0.15, 0.2) is 41.3 Å². The van der Waals surface area contributed by atoms with Gasteiger partial charge in [0.05, 0.1) is 13.7 Å². The summed E-state index contributed by atoms with van der Waals surface area (Å²) in [6.07, 6.45) is 1.79. The molecular formula is C14H16N2O2. The van der Waals surface area contributed by atoms with E-state index in [9.17, 15) is 4.79 Å². The van der Waals surface area contributed by atoms with Crippen molar-refractivity contribution in [2.45, 2.75) is 13.5 Å². The Kier molecular flexibility index (Phi) is 3.37. The van der Waals surface area contributed by atoms with Crippen molar-refractivity contribution in [2.75, 3.05) is 12.8 Å². The number of pyridine rings is 1. The predicted octanol–water partition coefficient (Wildman–Crippen LogP) is 1.80. The summed E-state index contributed by atoms with van der Waals surface area (Å²) in [6.45, 7) is 2.37. The minimum absolute atomic E-state index is 0.0196. The molecule has 0 unspecified atom stereocenters. The molecule has 2 N–H and O–H groups in total. The molecule has 0 saturated carbocycles. The van der Waals surface area contributed by atoms with Gasteiger partial charge < -0.3 is 15.0 Å². The summed E-state index contributed by atoms with van der Waals surface area (Å²) in [5.74, 6) is 0.697. The van der Waals surface area contributed by atoms with Gasteiger partial charge in [-0.2, -0.15) is 0 Å². The van der Waals surface area contributed by atoms with E-state index in [0.29, 0.717) is 18.0 Å². The van der Waals surface area contributed by atoms with Gasteiger partial charge >= 0.3 is 0 Å². The Hall–Kier alpha value is -2.23. The first-order valence-corrected chi connectivity index (χ1v) is 5.69. The highest BCUT2D eigenvalue weighted by Crippen LogP contribution is 2.21. The van der Waals surface area contributed by atoms with E-state index in [4.69, 9.17) is 10.5 Å². The molecule has 0 spiro atoms. The minimum atomic E-state index is -0.0196. The second-order valence-corrected chi connectivity index (χ2v) is 4.24. The second-order valence-electron chi connectivity index (χ2n) is 4.24. The third-order valence-corrected chi connectivity index (χ3v) is 2.80. The zero-order chi connectivity index (χ0) is 13.1. The van der Waals surface area contributed by atoms with Crippen LogP contribution < -0.4 is 16.0 Å². The van der Waals surface area contributed by atoms with Gasteiger partial charge in [-0.25, -0.2) is 0 Å². The number of nitrogen functional groups attached to an aromatic ring is 1. The number of hydrogen-bond donors (Lipinski definition) is 1. The van der Waals surface area contributed by atoms with E-state index in [2.05, 4.69) is 0 Å². The lowest BCUT2D eigenvalue weighted by atomic mass is 10.1. The van der Waals surface area contributed by atoms with Crippen LogP contribution in [0.3, 0.4) is 0 Å². The molecule has 1 aromatic carbocycles. The van der Waals surface area contributed by atoms with Crippen LogP contribution >= 0.6 is 0 Å². The van der Waals surface area contributed by atoms with E-state index < -0.39 is 0 Å². The van der Waals surface area contributed by atoms with Crippen molar-refractivity contribution in [1.29, 1.82) is 0 Å². The summed E-state index contributed by atoms with van der Waals surface area (Å²) in [4.78, 5) is 11.8. The number of rotatable bonds is 3. The number of benzene rings is 1. The van der Waals surface area contributed by atoms with Crippen molar-refractivity contribution in [3.05, 3.63) is 58.0 Å². The van der Waals surface area contributed by atoms with Crippen LogP contribution in [0.4, 0.5) is 5.69 Å². The standard InChI is InChI=1S/C14H16N2O2/c1-10-5-6-16(14(17)7-10)9-11-3-4-12(15)8-13(11)18-2/h3-8H,9,15H2,1-2H3. The SMILES string of the molecule is COc1cc(N)ccc1Cn1ccc(C)cc1=O. The van der Waals surface area contributed by atoms with Gasteiger partial charge in [-0.15, -0.1) is 0 Å². The number of aromatic nitrogens is 1. The summed E-state index contributed by atoms with van der Waals surface area (Å²) in [5, 5.41) is 0. The quantitative estimate of drug-likeness (QED) is 0.837. The minimum Gasteiger partial charge on any atom is -0.496 e. The fraction of sp³-hybridized carbons (Fsp3) is 0.214. The highest BCUT2D eigenvalue weighted by atomic mass is 16.5. The van der Waals surface area contributed by atoms with Crippen LogP contribution in [0.2, 0.25) is 0 Å². The van der Waals surface area contributed by atoms with Crippen LogP contribution in [0, 0.1) is 6.92 Å². The molecule has 0 aliphatic carbocycles. The molecule has 1 aromatic heterocycles. The average molecular weight is 244 g/mol. The zero-order valence-electron chi connectivity index (χ0n) is 10.5. The van der Waals surface area contributed by atoms with Crippen molar-refractivity contribution < 1.29 is 4.74 Å². The van der Waals surface area contributed by atoms with Crippen LogP contribution in [-0.2, 0) is 6.54 Å². The second kappa shape index (κ2) is 4.96. The van der Waals surface area contributed by atoms with Gasteiger partial charge in [0.1, 0.15) is 5.75 Å². The fourth-order valence-corrected chi connectivity index (χ4v) is 1.81. The molecule has 0 radical (unpaired) electrons. The van der Waals surface area contributed by atoms with Gasteiger partial charge in [-0.1, -0.05) is 6.07 Å². The van der Waals surface area contributed by atoms with Crippen LogP contribution in [0.5, 0.6) is 5.75 Å². The molecule has 4 nitrogen and oxygen atoms in total. The van der Waals surface area contributed by atoms with Crippen molar-refractivity contribution in [1.82, 2.24) is 4.57 Å². The van der Waals surface area contributed by atoms with E-state index in [1.165, 1.54) is 0 Å². The fourth-order valence-electron chi connectivity index (χ4n) is 1.81. The highest BCUT2D eigenvalue weighted by Gasteiger charge is 2.05. The number of nitrogens with two attached hydrogens (primary N) is 1. The van der Waals surface area contributed by atoms with E-state index in [1.54, 1.807) is 36.1 Å². The third kappa shape index (κ3) is 2.53. The first-order chi connectivity index (χ1) is 8.60. The van der Waals surface area contributed by atoms with Crippen molar-refractivity contribution in [3.63, 3.8) is 0 Å². The van der Waals surface area contributed by atoms with Crippen LogP contribution in [0.25, 0.3) is 0 Å². The zero-order valence-corrected chi connectivity index (χ0v) is 10.5. The maximum absolute atomic E-state index is 11.8. The summed E-state index contributed by atoms with van der Waals surface area (Å²) in [6, 6.07) is 8.96. The van der Waals surface area contributed by atoms with Gasteiger partial charge in [-0.3, -0.25) is 4.79 Å². The lowest BCUT2D eigenvalue weighted by molar-refractivity contribution is 0.408. The van der Waals surface area contributed by atoms with Crippen LogP contribution in [-0.4, -0.2) is 11.7 Å². The molecule has 0 amide bonds. The number of nitrogens with zero attached hydrogens (tertiary/aromatic N) is 1. The average Bonchev–Trinajstić information content (AvgIpc) is 2.34. The van der Waals surface area contributed by atoms with E-state index >= 15 is 0 Å². The molecule has 0 aliphatic rings. The van der Waals surface area contributed by atoms with Crippen molar-refractivity contribution in [3.8, 4) is 5.75 Å².